The molecule has 2 fully saturated rings. The van der Waals surface area contributed by atoms with Crippen LogP contribution in [0.25, 0.3) is 0 Å². The molecule has 3 unspecified atom stereocenters. The van der Waals surface area contributed by atoms with Crippen molar-refractivity contribution in [3.8, 4) is 0 Å². The second kappa shape index (κ2) is 6.24. The average molecular weight is 282 g/mol. The Bertz CT molecular complexity index is 404. The number of aliphatic carboxylic acids is 1. The Morgan fingerprint density at radius 1 is 1.15 bits per heavy atom. The first-order chi connectivity index (χ1) is 9.49. The second-order valence-electron chi connectivity index (χ2n) is 5.97. The molecule has 2 saturated carbocycles. The van der Waals surface area contributed by atoms with Crippen molar-refractivity contribution in [2.24, 2.45) is 23.5 Å². The van der Waals surface area contributed by atoms with Gasteiger partial charge in [0, 0.05) is 12.5 Å². The van der Waals surface area contributed by atoms with Gasteiger partial charge in [-0.1, -0.05) is 19.3 Å². The number of carbonyl (C=O) groups excluding carboxylic acids is 2. The van der Waals surface area contributed by atoms with E-state index in [4.69, 9.17) is 10.8 Å². The highest BCUT2D eigenvalue weighted by Gasteiger charge is 2.48. The highest BCUT2D eigenvalue weighted by molar-refractivity contribution is 5.90. The molecular weight excluding hydrogens is 260 g/mol. The van der Waals surface area contributed by atoms with Gasteiger partial charge in [-0.15, -0.1) is 0 Å². The zero-order valence-electron chi connectivity index (χ0n) is 11.5. The van der Waals surface area contributed by atoms with E-state index in [0.717, 1.165) is 25.7 Å². The Balaban J connectivity index is 1.91. The molecule has 0 bridgehead atoms. The van der Waals surface area contributed by atoms with Crippen LogP contribution in [-0.4, -0.2) is 28.9 Å². The average Bonchev–Trinajstić information content (AvgIpc) is 3.19. The molecule has 20 heavy (non-hydrogen) atoms. The van der Waals surface area contributed by atoms with E-state index in [9.17, 15) is 14.4 Å². The van der Waals surface area contributed by atoms with Gasteiger partial charge in [-0.3, -0.25) is 14.4 Å². The van der Waals surface area contributed by atoms with Crippen molar-refractivity contribution in [3.05, 3.63) is 0 Å². The second-order valence-corrected chi connectivity index (χ2v) is 5.97. The molecule has 2 aliphatic carbocycles. The van der Waals surface area contributed by atoms with Crippen molar-refractivity contribution in [1.82, 2.24) is 5.32 Å². The molecular formula is C14H22N2O4. The van der Waals surface area contributed by atoms with E-state index in [1.807, 2.05) is 0 Å². The number of nitrogens with two attached hydrogens (primary N) is 1. The van der Waals surface area contributed by atoms with Gasteiger partial charge in [0.15, 0.2) is 0 Å². The van der Waals surface area contributed by atoms with E-state index in [1.165, 1.54) is 6.42 Å². The number of hydrogen-bond acceptors (Lipinski definition) is 3. The Labute approximate surface area is 118 Å². The molecule has 112 valence electrons. The summed E-state index contributed by atoms with van der Waals surface area (Å²) in [6.45, 7) is 0. The number of hydrogen-bond donors (Lipinski definition) is 3. The van der Waals surface area contributed by atoms with Crippen molar-refractivity contribution in [3.63, 3.8) is 0 Å². The molecule has 0 heterocycles. The molecule has 0 aromatic carbocycles. The number of amides is 2. The monoisotopic (exact) mass is 282 g/mol. The molecule has 3 atom stereocenters. The molecule has 2 aliphatic rings. The third-order valence-electron chi connectivity index (χ3n) is 4.41. The lowest BCUT2D eigenvalue weighted by Gasteiger charge is -2.30. The van der Waals surface area contributed by atoms with E-state index in [0.29, 0.717) is 6.42 Å². The van der Waals surface area contributed by atoms with Crippen molar-refractivity contribution in [1.29, 1.82) is 0 Å². The summed E-state index contributed by atoms with van der Waals surface area (Å²) in [5.41, 5.74) is 5.26. The smallest absolute Gasteiger partial charge is 0.307 e. The van der Waals surface area contributed by atoms with Crippen molar-refractivity contribution < 1.29 is 19.5 Å². The number of nitrogens with one attached hydrogen (secondary N) is 1. The molecule has 4 N–H and O–H groups in total. The molecule has 6 nitrogen and oxygen atoms in total. The lowest BCUT2D eigenvalue weighted by atomic mass is 9.82. The van der Waals surface area contributed by atoms with Gasteiger partial charge in [0.25, 0.3) is 0 Å². The van der Waals surface area contributed by atoms with E-state index in [-0.39, 0.29) is 24.3 Å². The lowest BCUT2D eigenvalue weighted by Crippen LogP contribution is -2.44. The maximum atomic E-state index is 12.0. The first-order valence-corrected chi connectivity index (χ1v) is 7.30. The van der Waals surface area contributed by atoms with Gasteiger partial charge in [0.2, 0.25) is 11.8 Å². The fourth-order valence-electron chi connectivity index (χ4n) is 3.14. The molecule has 0 spiro atoms. The minimum absolute atomic E-state index is 0.140. The Morgan fingerprint density at radius 3 is 2.30 bits per heavy atom. The normalized spacial score (nSPS) is 27.6. The number of rotatable bonds is 6. The van der Waals surface area contributed by atoms with Gasteiger partial charge in [0.1, 0.15) is 0 Å². The maximum absolute atomic E-state index is 12.0. The third-order valence-corrected chi connectivity index (χ3v) is 4.41. The topological polar surface area (TPSA) is 109 Å². The molecule has 0 aromatic heterocycles. The predicted molar refractivity (Wildman–Crippen MR) is 71.5 cm³/mol. The standard InChI is InChI=1S/C14H22N2O4/c15-12(17)7-11(8-4-2-1-3-5-8)16-13(18)9-6-10(9)14(19)20/h8-11H,1-7H2,(H2,15,17)(H,16,18)(H,19,20). The molecule has 6 heteroatoms. The van der Waals surface area contributed by atoms with Gasteiger partial charge in [0.05, 0.1) is 11.8 Å². The third kappa shape index (κ3) is 3.71. The van der Waals surface area contributed by atoms with E-state index in [2.05, 4.69) is 5.32 Å². The first-order valence-electron chi connectivity index (χ1n) is 7.30. The summed E-state index contributed by atoms with van der Waals surface area (Å²) in [5.74, 6) is -2.31. The SMILES string of the molecule is NC(=O)CC(NC(=O)C1CC1C(=O)O)C1CCCCC1. The first kappa shape index (κ1) is 14.8. The van der Waals surface area contributed by atoms with Gasteiger partial charge in [-0.2, -0.15) is 0 Å². The fourth-order valence-corrected chi connectivity index (χ4v) is 3.14. The summed E-state index contributed by atoms with van der Waals surface area (Å²) in [5, 5.41) is 11.7. The number of carboxylic acid groups (broad SMARTS) is 1. The highest BCUT2D eigenvalue weighted by atomic mass is 16.4. The van der Waals surface area contributed by atoms with Crippen LogP contribution >= 0.6 is 0 Å². The predicted octanol–water partition coefficient (Wildman–Crippen LogP) is 0.648. The Hall–Kier alpha value is -1.59. The zero-order valence-corrected chi connectivity index (χ0v) is 11.5. The molecule has 0 radical (unpaired) electrons. The quantitative estimate of drug-likeness (QED) is 0.664. The van der Waals surface area contributed by atoms with Gasteiger partial charge < -0.3 is 16.2 Å². The minimum Gasteiger partial charge on any atom is -0.481 e. The van der Waals surface area contributed by atoms with E-state index in [1.54, 1.807) is 0 Å². The fraction of sp³-hybridized carbons (Fsp3) is 0.786. The molecule has 2 amide bonds. The number of carboxylic acids is 1. The Kier molecular flexibility index (Phi) is 4.62. The van der Waals surface area contributed by atoms with Crippen molar-refractivity contribution in [2.45, 2.75) is 51.0 Å². The van der Waals surface area contributed by atoms with Crippen molar-refractivity contribution >= 4 is 17.8 Å². The number of carbonyl (C=O) groups is 3. The van der Waals surface area contributed by atoms with Crippen LogP contribution in [-0.2, 0) is 14.4 Å². The summed E-state index contributed by atoms with van der Waals surface area (Å²) in [4.78, 5) is 34.0. The van der Waals surface area contributed by atoms with E-state index >= 15 is 0 Å². The van der Waals surface area contributed by atoms with Crippen LogP contribution in [0.2, 0.25) is 0 Å². The summed E-state index contributed by atoms with van der Waals surface area (Å²) < 4.78 is 0. The Morgan fingerprint density at radius 2 is 1.80 bits per heavy atom. The summed E-state index contributed by atoms with van der Waals surface area (Å²) in [6.07, 6.45) is 5.93. The lowest BCUT2D eigenvalue weighted by molar-refractivity contribution is -0.140. The van der Waals surface area contributed by atoms with Gasteiger partial charge in [-0.25, -0.2) is 0 Å². The molecule has 0 saturated heterocycles. The minimum atomic E-state index is -0.922. The molecule has 0 aliphatic heterocycles. The maximum Gasteiger partial charge on any atom is 0.307 e. The zero-order chi connectivity index (χ0) is 14.7. The molecule has 2 rings (SSSR count). The van der Waals surface area contributed by atoms with Crippen molar-refractivity contribution in [2.75, 3.05) is 0 Å². The summed E-state index contributed by atoms with van der Waals surface area (Å²) >= 11 is 0. The summed E-state index contributed by atoms with van der Waals surface area (Å²) in [6, 6.07) is -0.240. The van der Waals surface area contributed by atoms with Crippen LogP contribution in [0.15, 0.2) is 0 Å². The van der Waals surface area contributed by atoms with Crippen LogP contribution in [0.3, 0.4) is 0 Å². The summed E-state index contributed by atoms with van der Waals surface area (Å²) in [7, 11) is 0. The highest BCUT2D eigenvalue weighted by Crippen LogP contribution is 2.39. The van der Waals surface area contributed by atoms with Crippen LogP contribution in [0.5, 0.6) is 0 Å². The van der Waals surface area contributed by atoms with Crippen LogP contribution in [0.1, 0.15) is 44.9 Å². The van der Waals surface area contributed by atoms with Crippen LogP contribution in [0.4, 0.5) is 0 Å². The van der Waals surface area contributed by atoms with Crippen LogP contribution < -0.4 is 11.1 Å². The van der Waals surface area contributed by atoms with Crippen LogP contribution in [0, 0.1) is 17.8 Å². The number of primary amides is 1. The molecule has 0 aromatic rings. The van der Waals surface area contributed by atoms with E-state index < -0.39 is 23.7 Å². The van der Waals surface area contributed by atoms with Gasteiger partial charge >= 0.3 is 5.97 Å². The largest absolute Gasteiger partial charge is 0.481 e. The van der Waals surface area contributed by atoms with Gasteiger partial charge in [-0.05, 0) is 25.2 Å².